The Labute approximate surface area is 224 Å². The second-order valence-corrected chi connectivity index (χ2v) is 9.93. The van der Waals surface area contributed by atoms with E-state index in [0.29, 0.717) is 27.8 Å². The normalized spacial score (nSPS) is 15.1. The minimum atomic E-state index is -1.02. The number of carbonyl (C=O) groups is 3. The van der Waals surface area contributed by atoms with Crippen molar-refractivity contribution < 1.29 is 23.9 Å². The van der Waals surface area contributed by atoms with Crippen LogP contribution in [0.1, 0.15) is 37.0 Å². The second-order valence-electron chi connectivity index (χ2n) is 9.50. The lowest BCUT2D eigenvalue weighted by Gasteiger charge is -2.20. The zero-order valence-corrected chi connectivity index (χ0v) is 22.1. The zero-order valence-electron chi connectivity index (χ0n) is 21.3. The fourth-order valence-electron chi connectivity index (χ4n) is 3.65. The van der Waals surface area contributed by atoms with Crippen LogP contribution in [0.15, 0.2) is 48.8 Å². The lowest BCUT2D eigenvalue weighted by Crippen LogP contribution is -2.49. The molecule has 1 aliphatic rings. The molecule has 3 aromatic rings. The molecule has 198 valence electrons. The number of nitrogens with one attached hydrogen (secondary N) is 2. The molecular weight excluding hydrogens is 512 g/mol. The first-order valence-corrected chi connectivity index (χ1v) is 12.1. The Hall–Kier alpha value is -4.25. The SMILES string of the molecule is CN1C(=O)[C@@H](NC(=O)c2ncc(CNC(=O)OC(C)(C)C)c(-c3ccccc3)n2)COc2cc(Cl)cnc21. The van der Waals surface area contributed by atoms with E-state index in [1.165, 1.54) is 24.3 Å². The lowest BCUT2D eigenvalue weighted by molar-refractivity contribution is -0.120. The first kappa shape index (κ1) is 26.8. The Balaban J connectivity index is 1.55. The molecule has 0 bridgehead atoms. The van der Waals surface area contributed by atoms with Gasteiger partial charge >= 0.3 is 6.09 Å². The third-order valence-corrected chi connectivity index (χ3v) is 5.60. The molecule has 0 radical (unpaired) electrons. The molecule has 1 aromatic carbocycles. The molecule has 4 rings (SSSR count). The van der Waals surface area contributed by atoms with Gasteiger partial charge in [-0.1, -0.05) is 41.9 Å². The van der Waals surface area contributed by atoms with Crippen molar-refractivity contribution in [3.05, 3.63) is 65.2 Å². The number of alkyl carbamates (subject to hydrolysis) is 1. The summed E-state index contributed by atoms with van der Waals surface area (Å²) in [5.74, 6) is -0.618. The summed E-state index contributed by atoms with van der Waals surface area (Å²) in [5.41, 5.74) is 1.10. The molecular formula is C26H27ClN6O5. The minimum Gasteiger partial charge on any atom is -0.487 e. The summed E-state index contributed by atoms with van der Waals surface area (Å²) in [7, 11) is 1.53. The van der Waals surface area contributed by atoms with Gasteiger partial charge in [-0.25, -0.2) is 19.7 Å². The number of carbonyl (C=O) groups excluding carboxylic acids is 3. The standard InChI is InChI=1S/C26H27ClN6O5/c1-26(2,3)38-25(36)30-12-16-11-28-21(32-20(16)15-8-6-5-7-9-15)23(34)31-18-14-37-19-10-17(27)13-29-22(19)33(4)24(18)35/h5-11,13,18H,12,14H2,1-4H3,(H,30,36)(H,31,34)/t18-/m0/s1. The van der Waals surface area contributed by atoms with Crippen LogP contribution in [0.4, 0.5) is 10.6 Å². The third kappa shape index (κ3) is 6.35. The number of benzene rings is 1. The van der Waals surface area contributed by atoms with Crippen molar-refractivity contribution in [3.8, 4) is 17.0 Å². The summed E-state index contributed by atoms with van der Waals surface area (Å²) in [6.45, 7) is 5.25. The van der Waals surface area contributed by atoms with Crippen molar-refractivity contribution in [1.82, 2.24) is 25.6 Å². The molecule has 0 saturated heterocycles. The highest BCUT2D eigenvalue weighted by atomic mass is 35.5. The molecule has 0 aliphatic carbocycles. The van der Waals surface area contributed by atoms with Crippen LogP contribution in [0.5, 0.6) is 5.75 Å². The average molecular weight is 539 g/mol. The number of ether oxygens (including phenoxy) is 2. The number of hydrogen-bond donors (Lipinski definition) is 2. The highest BCUT2D eigenvalue weighted by Gasteiger charge is 2.32. The van der Waals surface area contributed by atoms with E-state index in [9.17, 15) is 14.4 Å². The minimum absolute atomic E-state index is 0.0780. The molecule has 2 aromatic heterocycles. The number of pyridine rings is 1. The maximum Gasteiger partial charge on any atom is 0.407 e. The van der Waals surface area contributed by atoms with Crippen molar-refractivity contribution in [2.24, 2.45) is 0 Å². The molecule has 12 heteroatoms. The van der Waals surface area contributed by atoms with Gasteiger partial charge in [-0.15, -0.1) is 0 Å². The maximum absolute atomic E-state index is 13.1. The number of fused-ring (bicyclic) bond motifs is 1. The predicted molar refractivity (Wildman–Crippen MR) is 140 cm³/mol. The number of nitrogens with zero attached hydrogens (tertiary/aromatic N) is 4. The van der Waals surface area contributed by atoms with Crippen LogP contribution in [0, 0.1) is 0 Å². The van der Waals surface area contributed by atoms with Gasteiger partial charge < -0.3 is 20.1 Å². The fraction of sp³-hybridized carbons (Fsp3) is 0.308. The van der Waals surface area contributed by atoms with Crippen LogP contribution in [-0.4, -0.2) is 58.2 Å². The van der Waals surface area contributed by atoms with Crippen LogP contribution >= 0.6 is 11.6 Å². The fourth-order valence-corrected chi connectivity index (χ4v) is 3.80. The second kappa shape index (κ2) is 11.0. The summed E-state index contributed by atoms with van der Waals surface area (Å²) in [5, 5.41) is 5.69. The van der Waals surface area contributed by atoms with Gasteiger partial charge in [-0.05, 0) is 20.8 Å². The summed E-state index contributed by atoms with van der Waals surface area (Å²) in [6, 6.07) is 9.71. The van der Waals surface area contributed by atoms with Gasteiger partial charge in [0.05, 0.1) is 10.7 Å². The number of amides is 3. The Morgan fingerprint density at radius 2 is 1.92 bits per heavy atom. The zero-order chi connectivity index (χ0) is 27.4. The molecule has 1 atom stereocenters. The Morgan fingerprint density at radius 3 is 2.63 bits per heavy atom. The molecule has 0 spiro atoms. The topological polar surface area (TPSA) is 136 Å². The Kier molecular flexibility index (Phi) is 7.77. The molecule has 11 nitrogen and oxygen atoms in total. The summed E-state index contributed by atoms with van der Waals surface area (Å²) >= 11 is 6.00. The van der Waals surface area contributed by atoms with Gasteiger partial charge in [0.15, 0.2) is 11.6 Å². The maximum atomic E-state index is 13.1. The van der Waals surface area contributed by atoms with Gasteiger partial charge in [0.2, 0.25) is 5.82 Å². The Morgan fingerprint density at radius 1 is 1.18 bits per heavy atom. The predicted octanol–water partition coefficient (Wildman–Crippen LogP) is 3.37. The summed E-state index contributed by atoms with van der Waals surface area (Å²) in [4.78, 5) is 52.4. The van der Waals surface area contributed by atoms with Crippen LogP contribution < -0.4 is 20.3 Å². The number of rotatable bonds is 5. The first-order valence-electron chi connectivity index (χ1n) is 11.8. The number of hydrogen-bond acceptors (Lipinski definition) is 8. The van der Waals surface area contributed by atoms with Crippen LogP contribution in [0.2, 0.25) is 5.02 Å². The van der Waals surface area contributed by atoms with E-state index in [-0.39, 0.29) is 19.0 Å². The van der Waals surface area contributed by atoms with E-state index in [1.807, 2.05) is 30.3 Å². The van der Waals surface area contributed by atoms with Crippen LogP contribution in [0.3, 0.4) is 0 Å². The summed E-state index contributed by atoms with van der Waals surface area (Å²) in [6.07, 6.45) is 2.28. The molecule has 0 unspecified atom stereocenters. The van der Waals surface area contributed by atoms with Gasteiger partial charge in [0.1, 0.15) is 18.2 Å². The number of likely N-dealkylation sites (N-methyl/N-ethyl adjacent to an activating group) is 1. The molecule has 2 N–H and O–H groups in total. The van der Waals surface area contributed by atoms with Gasteiger partial charge in [0, 0.05) is 43.2 Å². The Bertz CT molecular complexity index is 1360. The van der Waals surface area contributed by atoms with Crippen molar-refractivity contribution >= 4 is 35.3 Å². The number of anilines is 1. The largest absolute Gasteiger partial charge is 0.487 e. The van der Waals surface area contributed by atoms with Crippen LogP contribution in [-0.2, 0) is 16.1 Å². The third-order valence-electron chi connectivity index (χ3n) is 5.39. The summed E-state index contributed by atoms with van der Waals surface area (Å²) < 4.78 is 11.0. The van der Waals surface area contributed by atoms with Crippen molar-refractivity contribution in [2.75, 3.05) is 18.6 Å². The van der Waals surface area contributed by atoms with Gasteiger partial charge in [0.25, 0.3) is 11.8 Å². The van der Waals surface area contributed by atoms with E-state index < -0.39 is 29.6 Å². The van der Waals surface area contributed by atoms with E-state index >= 15 is 0 Å². The van der Waals surface area contributed by atoms with Gasteiger partial charge in [-0.3, -0.25) is 14.5 Å². The van der Waals surface area contributed by atoms with E-state index in [2.05, 4.69) is 25.6 Å². The molecule has 1 aliphatic heterocycles. The monoisotopic (exact) mass is 538 g/mol. The van der Waals surface area contributed by atoms with Crippen molar-refractivity contribution in [2.45, 2.75) is 39.0 Å². The quantitative estimate of drug-likeness (QED) is 0.504. The number of aromatic nitrogens is 3. The highest BCUT2D eigenvalue weighted by molar-refractivity contribution is 6.30. The van der Waals surface area contributed by atoms with Crippen molar-refractivity contribution in [3.63, 3.8) is 0 Å². The van der Waals surface area contributed by atoms with E-state index in [0.717, 1.165) is 5.56 Å². The van der Waals surface area contributed by atoms with E-state index in [1.54, 1.807) is 26.8 Å². The molecule has 3 heterocycles. The van der Waals surface area contributed by atoms with E-state index in [4.69, 9.17) is 21.1 Å². The highest BCUT2D eigenvalue weighted by Crippen LogP contribution is 2.30. The smallest absolute Gasteiger partial charge is 0.407 e. The number of halogens is 1. The molecule has 0 saturated carbocycles. The van der Waals surface area contributed by atoms with Crippen LogP contribution in [0.25, 0.3) is 11.3 Å². The average Bonchev–Trinajstić information content (AvgIpc) is 2.98. The molecule has 0 fully saturated rings. The van der Waals surface area contributed by atoms with Gasteiger partial charge in [-0.2, -0.15) is 0 Å². The lowest BCUT2D eigenvalue weighted by atomic mass is 10.1. The van der Waals surface area contributed by atoms with Crippen molar-refractivity contribution in [1.29, 1.82) is 0 Å². The first-order chi connectivity index (χ1) is 18.0. The molecule has 3 amide bonds. The molecule has 38 heavy (non-hydrogen) atoms.